The van der Waals surface area contributed by atoms with Crippen LogP contribution in [0.5, 0.6) is 0 Å². The van der Waals surface area contributed by atoms with Crippen LogP contribution in [0.15, 0.2) is 35.8 Å². The summed E-state index contributed by atoms with van der Waals surface area (Å²) < 4.78 is 0. The first kappa shape index (κ1) is 12.6. The molecule has 17 heavy (non-hydrogen) atoms. The number of aromatic nitrogens is 1. The molecule has 0 aliphatic heterocycles. The first-order chi connectivity index (χ1) is 8.33. The number of halogens is 1. The van der Waals surface area contributed by atoms with Crippen molar-refractivity contribution in [2.75, 3.05) is 6.54 Å². The van der Waals surface area contributed by atoms with Gasteiger partial charge in [-0.3, -0.25) is 0 Å². The zero-order chi connectivity index (χ0) is 12.1. The van der Waals surface area contributed by atoms with E-state index in [1.54, 1.807) is 11.3 Å². The van der Waals surface area contributed by atoms with Crippen molar-refractivity contribution in [3.05, 3.63) is 51.4 Å². The molecule has 0 aliphatic rings. The van der Waals surface area contributed by atoms with Gasteiger partial charge in [0.1, 0.15) is 5.01 Å². The molecule has 2 nitrogen and oxygen atoms in total. The van der Waals surface area contributed by atoms with E-state index in [2.05, 4.69) is 23.3 Å². The lowest BCUT2D eigenvalue weighted by atomic mass is 10.1. The molecule has 2 rings (SSSR count). The highest BCUT2D eigenvalue weighted by Crippen LogP contribution is 2.29. The molecular weight excluding hydrogens is 252 g/mol. The summed E-state index contributed by atoms with van der Waals surface area (Å²) in [6.07, 6.45) is 2.92. The summed E-state index contributed by atoms with van der Waals surface area (Å²) in [5.74, 6) is 0. The number of thiazole rings is 1. The third kappa shape index (κ3) is 3.06. The Kier molecular flexibility index (Phi) is 4.54. The van der Waals surface area contributed by atoms with E-state index in [1.165, 1.54) is 0 Å². The molecule has 1 atom stereocenters. The van der Waals surface area contributed by atoms with E-state index in [-0.39, 0.29) is 6.04 Å². The quantitative estimate of drug-likeness (QED) is 0.888. The summed E-state index contributed by atoms with van der Waals surface area (Å²) in [5.41, 5.74) is 1.09. The fourth-order valence-electron chi connectivity index (χ4n) is 1.71. The second-order valence-electron chi connectivity index (χ2n) is 3.78. The summed E-state index contributed by atoms with van der Waals surface area (Å²) in [6, 6.07) is 8.03. The van der Waals surface area contributed by atoms with Gasteiger partial charge in [0, 0.05) is 16.6 Å². The van der Waals surface area contributed by atoms with Crippen LogP contribution in [0, 0.1) is 0 Å². The standard InChI is InChI=1S/C13H15ClN2S/c1-2-7-15-12(13-16-8-9-17-13)10-5-3-4-6-11(10)14/h3-6,8-9,12,15H,2,7H2,1H3. The molecule has 1 heterocycles. The summed E-state index contributed by atoms with van der Waals surface area (Å²) in [5, 5.41) is 7.34. The molecule has 1 aromatic heterocycles. The van der Waals surface area contributed by atoms with E-state index >= 15 is 0 Å². The minimum atomic E-state index is 0.101. The SMILES string of the molecule is CCCNC(c1nccs1)c1ccccc1Cl. The van der Waals surface area contributed by atoms with Crippen LogP contribution in [-0.2, 0) is 0 Å². The van der Waals surface area contributed by atoms with Gasteiger partial charge in [0.2, 0.25) is 0 Å². The van der Waals surface area contributed by atoms with Crippen LogP contribution in [0.1, 0.15) is 30.0 Å². The Bertz CT molecular complexity index is 456. The van der Waals surface area contributed by atoms with E-state index < -0.39 is 0 Å². The minimum Gasteiger partial charge on any atom is -0.304 e. The van der Waals surface area contributed by atoms with Gasteiger partial charge in [-0.05, 0) is 24.6 Å². The number of hydrogen-bond acceptors (Lipinski definition) is 3. The molecule has 0 aliphatic carbocycles. The second kappa shape index (κ2) is 6.15. The molecule has 90 valence electrons. The normalized spacial score (nSPS) is 12.6. The van der Waals surface area contributed by atoms with Gasteiger partial charge in [-0.15, -0.1) is 11.3 Å². The average molecular weight is 267 g/mol. The molecule has 2 aromatic rings. The monoisotopic (exact) mass is 266 g/mol. The van der Waals surface area contributed by atoms with E-state index in [0.29, 0.717) is 0 Å². The smallest absolute Gasteiger partial charge is 0.114 e. The molecule has 1 N–H and O–H groups in total. The highest BCUT2D eigenvalue weighted by molar-refractivity contribution is 7.09. The van der Waals surface area contributed by atoms with Crippen molar-refractivity contribution >= 4 is 22.9 Å². The first-order valence-electron chi connectivity index (χ1n) is 5.70. The molecule has 0 spiro atoms. The van der Waals surface area contributed by atoms with Gasteiger partial charge >= 0.3 is 0 Å². The van der Waals surface area contributed by atoms with E-state index in [4.69, 9.17) is 11.6 Å². The number of hydrogen-bond donors (Lipinski definition) is 1. The largest absolute Gasteiger partial charge is 0.304 e. The molecule has 0 saturated heterocycles. The first-order valence-corrected chi connectivity index (χ1v) is 6.96. The lowest BCUT2D eigenvalue weighted by Gasteiger charge is -2.17. The fourth-order valence-corrected chi connectivity index (χ4v) is 2.68. The summed E-state index contributed by atoms with van der Waals surface area (Å²) in [4.78, 5) is 4.38. The van der Waals surface area contributed by atoms with Gasteiger partial charge in [0.15, 0.2) is 0 Å². The molecule has 0 bridgehead atoms. The summed E-state index contributed by atoms with van der Waals surface area (Å²) in [6.45, 7) is 3.11. The zero-order valence-corrected chi connectivity index (χ0v) is 11.3. The van der Waals surface area contributed by atoms with E-state index in [9.17, 15) is 0 Å². The maximum atomic E-state index is 6.25. The summed E-state index contributed by atoms with van der Waals surface area (Å²) in [7, 11) is 0. The number of nitrogens with zero attached hydrogens (tertiary/aromatic N) is 1. The molecule has 1 unspecified atom stereocenters. The van der Waals surface area contributed by atoms with E-state index in [0.717, 1.165) is 28.6 Å². The van der Waals surface area contributed by atoms with Gasteiger partial charge in [0.25, 0.3) is 0 Å². The molecule has 0 saturated carbocycles. The van der Waals surface area contributed by atoms with Crippen molar-refractivity contribution in [3.8, 4) is 0 Å². The predicted octanol–water partition coefficient (Wildman–Crippen LogP) is 3.89. The van der Waals surface area contributed by atoms with Crippen molar-refractivity contribution < 1.29 is 0 Å². The Morgan fingerprint density at radius 3 is 2.88 bits per heavy atom. The molecule has 0 amide bonds. The van der Waals surface area contributed by atoms with Gasteiger partial charge in [0.05, 0.1) is 6.04 Å². The molecule has 4 heteroatoms. The Morgan fingerprint density at radius 1 is 1.41 bits per heavy atom. The molecule has 0 radical (unpaired) electrons. The molecule has 1 aromatic carbocycles. The summed E-state index contributed by atoms with van der Waals surface area (Å²) >= 11 is 7.90. The second-order valence-corrected chi connectivity index (χ2v) is 5.11. The number of rotatable bonds is 5. The van der Waals surface area contributed by atoms with E-state index in [1.807, 2.05) is 29.8 Å². The molecule has 0 fully saturated rings. The minimum absolute atomic E-state index is 0.101. The van der Waals surface area contributed by atoms with Crippen molar-refractivity contribution in [2.24, 2.45) is 0 Å². The topological polar surface area (TPSA) is 24.9 Å². The van der Waals surface area contributed by atoms with Crippen LogP contribution in [0.3, 0.4) is 0 Å². The predicted molar refractivity (Wildman–Crippen MR) is 73.7 cm³/mol. The Labute approximate surface area is 111 Å². The third-order valence-corrected chi connectivity index (χ3v) is 3.70. The molecular formula is C13H15ClN2S. The zero-order valence-electron chi connectivity index (χ0n) is 9.69. The van der Waals surface area contributed by atoms with Crippen LogP contribution < -0.4 is 5.32 Å². The van der Waals surface area contributed by atoms with Crippen molar-refractivity contribution in [2.45, 2.75) is 19.4 Å². The van der Waals surface area contributed by atoms with Gasteiger partial charge in [-0.2, -0.15) is 0 Å². The lowest BCUT2D eigenvalue weighted by Crippen LogP contribution is -2.23. The average Bonchev–Trinajstić information content (AvgIpc) is 2.85. The van der Waals surface area contributed by atoms with Crippen LogP contribution in [0.4, 0.5) is 0 Å². The van der Waals surface area contributed by atoms with Crippen LogP contribution >= 0.6 is 22.9 Å². The van der Waals surface area contributed by atoms with Gasteiger partial charge in [-0.1, -0.05) is 36.7 Å². The lowest BCUT2D eigenvalue weighted by molar-refractivity contribution is 0.596. The fraction of sp³-hybridized carbons (Fsp3) is 0.308. The Morgan fingerprint density at radius 2 is 2.24 bits per heavy atom. The number of benzene rings is 1. The van der Waals surface area contributed by atoms with Crippen molar-refractivity contribution in [1.29, 1.82) is 0 Å². The number of nitrogens with one attached hydrogen (secondary N) is 1. The highest BCUT2D eigenvalue weighted by atomic mass is 35.5. The van der Waals surface area contributed by atoms with Gasteiger partial charge < -0.3 is 5.32 Å². The van der Waals surface area contributed by atoms with Crippen LogP contribution in [-0.4, -0.2) is 11.5 Å². The van der Waals surface area contributed by atoms with Gasteiger partial charge in [-0.25, -0.2) is 4.98 Å². The third-order valence-electron chi connectivity index (χ3n) is 2.51. The van der Waals surface area contributed by atoms with Crippen LogP contribution in [0.2, 0.25) is 5.02 Å². The maximum Gasteiger partial charge on any atom is 0.114 e. The van der Waals surface area contributed by atoms with Crippen molar-refractivity contribution in [3.63, 3.8) is 0 Å². The Hall–Kier alpha value is -0.900. The van der Waals surface area contributed by atoms with Crippen molar-refractivity contribution in [1.82, 2.24) is 10.3 Å². The highest BCUT2D eigenvalue weighted by Gasteiger charge is 2.17. The Balaban J connectivity index is 2.30. The maximum absolute atomic E-state index is 6.25. The van der Waals surface area contributed by atoms with Crippen LogP contribution in [0.25, 0.3) is 0 Å².